The number of aliphatic imine (C=N–C) groups is 1. The number of nitrogens with zero attached hydrogens (tertiary/aromatic N) is 2. The maximum atomic E-state index is 10.2. The van der Waals surface area contributed by atoms with Gasteiger partial charge in [-0.25, -0.2) is 0 Å². The molecule has 1 aliphatic heterocycles. The molecule has 1 heterocycles. The van der Waals surface area contributed by atoms with Crippen molar-refractivity contribution >= 4 is 41.7 Å². The van der Waals surface area contributed by atoms with Gasteiger partial charge in [-0.2, -0.15) is 11.8 Å². The monoisotopic (exact) mass is 371 g/mol. The van der Waals surface area contributed by atoms with E-state index in [1.807, 2.05) is 11.8 Å². The predicted molar refractivity (Wildman–Crippen MR) is 84.2 cm³/mol. The van der Waals surface area contributed by atoms with Gasteiger partial charge >= 0.3 is 0 Å². The molecular formula is C11H22IN3OS. The summed E-state index contributed by atoms with van der Waals surface area (Å²) in [4.78, 5) is 6.48. The zero-order valence-electron chi connectivity index (χ0n) is 10.1. The zero-order valence-corrected chi connectivity index (χ0v) is 13.2. The highest BCUT2D eigenvalue weighted by Crippen LogP contribution is 2.29. The molecule has 4 nitrogen and oxygen atoms in total. The lowest BCUT2D eigenvalue weighted by atomic mass is 10.0. The van der Waals surface area contributed by atoms with Gasteiger partial charge in [-0.05, 0) is 12.8 Å². The summed E-state index contributed by atoms with van der Waals surface area (Å²) in [6, 6.07) is 0. The van der Waals surface area contributed by atoms with E-state index < -0.39 is 5.60 Å². The van der Waals surface area contributed by atoms with Crippen LogP contribution in [0.15, 0.2) is 4.99 Å². The summed E-state index contributed by atoms with van der Waals surface area (Å²) in [5.74, 6) is 2.86. The maximum Gasteiger partial charge on any atom is 0.191 e. The fourth-order valence-corrected chi connectivity index (χ4v) is 3.21. The molecule has 1 saturated heterocycles. The molecule has 0 aromatic rings. The van der Waals surface area contributed by atoms with Crippen molar-refractivity contribution in [1.29, 1.82) is 0 Å². The van der Waals surface area contributed by atoms with Crippen LogP contribution in [0.1, 0.15) is 25.7 Å². The Hall–Kier alpha value is 0.310. The highest BCUT2D eigenvalue weighted by Gasteiger charge is 2.30. The number of aliphatic hydroxyl groups is 1. The minimum absolute atomic E-state index is 0. The normalized spacial score (nSPS) is 24.5. The van der Waals surface area contributed by atoms with Gasteiger partial charge in [0.1, 0.15) is 0 Å². The van der Waals surface area contributed by atoms with Crippen LogP contribution in [-0.2, 0) is 0 Å². The third-order valence-electron chi connectivity index (χ3n) is 3.40. The van der Waals surface area contributed by atoms with E-state index in [0.29, 0.717) is 12.5 Å². The summed E-state index contributed by atoms with van der Waals surface area (Å²) in [7, 11) is 0. The number of hydrogen-bond acceptors (Lipinski definition) is 3. The number of guanidine groups is 1. The first-order valence-electron chi connectivity index (χ1n) is 6.05. The van der Waals surface area contributed by atoms with E-state index in [1.54, 1.807) is 0 Å². The Morgan fingerprint density at radius 1 is 1.29 bits per heavy atom. The number of thioether (sulfide) groups is 1. The van der Waals surface area contributed by atoms with Crippen molar-refractivity contribution in [1.82, 2.24) is 4.90 Å². The minimum atomic E-state index is -0.574. The molecule has 0 spiro atoms. The van der Waals surface area contributed by atoms with Gasteiger partial charge in [0, 0.05) is 24.6 Å². The van der Waals surface area contributed by atoms with Crippen molar-refractivity contribution in [3.8, 4) is 0 Å². The van der Waals surface area contributed by atoms with Crippen LogP contribution in [0.5, 0.6) is 0 Å². The van der Waals surface area contributed by atoms with E-state index >= 15 is 0 Å². The lowest BCUT2D eigenvalue weighted by Gasteiger charge is -2.28. The number of rotatable bonds is 2. The molecular weight excluding hydrogens is 349 g/mol. The Morgan fingerprint density at radius 3 is 2.47 bits per heavy atom. The van der Waals surface area contributed by atoms with Gasteiger partial charge < -0.3 is 15.7 Å². The molecule has 0 aromatic heterocycles. The molecule has 100 valence electrons. The first-order chi connectivity index (χ1) is 7.70. The number of nitrogens with two attached hydrogens (primary N) is 1. The van der Waals surface area contributed by atoms with Crippen molar-refractivity contribution in [3.63, 3.8) is 0 Å². The Kier molecular flexibility index (Phi) is 6.36. The Bertz CT molecular complexity index is 263. The van der Waals surface area contributed by atoms with Crippen LogP contribution in [0.3, 0.4) is 0 Å². The molecule has 0 bridgehead atoms. The van der Waals surface area contributed by atoms with Crippen molar-refractivity contribution in [3.05, 3.63) is 0 Å². The summed E-state index contributed by atoms with van der Waals surface area (Å²) < 4.78 is 0. The van der Waals surface area contributed by atoms with E-state index in [-0.39, 0.29) is 24.0 Å². The highest BCUT2D eigenvalue weighted by atomic mass is 127. The van der Waals surface area contributed by atoms with Crippen molar-refractivity contribution < 1.29 is 5.11 Å². The third-order valence-corrected chi connectivity index (χ3v) is 4.35. The fraction of sp³-hybridized carbons (Fsp3) is 0.909. The Morgan fingerprint density at radius 2 is 1.88 bits per heavy atom. The molecule has 6 heteroatoms. The van der Waals surface area contributed by atoms with E-state index in [9.17, 15) is 5.11 Å². The maximum absolute atomic E-state index is 10.2. The third kappa shape index (κ3) is 4.48. The average molecular weight is 371 g/mol. The minimum Gasteiger partial charge on any atom is -0.388 e. The topological polar surface area (TPSA) is 61.9 Å². The van der Waals surface area contributed by atoms with Crippen molar-refractivity contribution in [2.45, 2.75) is 31.3 Å². The lowest BCUT2D eigenvalue weighted by Crippen LogP contribution is -2.43. The van der Waals surface area contributed by atoms with Crippen LogP contribution >= 0.6 is 35.7 Å². The second-order valence-electron chi connectivity index (χ2n) is 4.71. The van der Waals surface area contributed by atoms with Crippen LogP contribution < -0.4 is 5.73 Å². The van der Waals surface area contributed by atoms with Crippen LogP contribution in [0.25, 0.3) is 0 Å². The summed E-state index contributed by atoms with van der Waals surface area (Å²) in [6.45, 7) is 2.44. The van der Waals surface area contributed by atoms with Crippen LogP contribution in [-0.4, -0.2) is 52.7 Å². The largest absolute Gasteiger partial charge is 0.388 e. The molecule has 0 aromatic carbocycles. The SMILES string of the molecule is I.NC(=NCC1(O)CCCC1)N1CCSCC1. The van der Waals surface area contributed by atoms with Gasteiger partial charge in [0.15, 0.2) is 5.96 Å². The number of hydrogen-bond donors (Lipinski definition) is 2. The highest BCUT2D eigenvalue weighted by molar-refractivity contribution is 14.0. The second-order valence-corrected chi connectivity index (χ2v) is 5.93. The number of halogens is 1. The zero-order chi connectivity index (χ0) is 11.4. The van der Waals surface area contributed by atoms with Gasteiger partial charge in [-0.1, -0.05) is 12.8 Å². The van der Waals surface area contributed by atoms with Gasteiger partial charge in [0.2, 0.25) is 0 Å². The van der Waals surface area contributed by atoms with E-state index in [4.69, 9.17) is 5.73 Å². The van der Waals surface area contributed by atoms with E-state index in [2.05, 4.69) is 9.89 Å². The molecule has 1 aliphatic carbocycles. The predicted octanol–water partition coefficient (Wildman–Crippen LogP) is 1.27. The van der Waals surface area contributed by atoms with E-state index in [0.717, 1.165) is 50.3 Å². The molecule has 3 N–H and O–H groups in total. The standard InChI is InChI=1S/C11H21N3OS.HI/c12-10(14-5-7-16-8-6-14)13-9-11(15)3-1-2-4-11;/h15H,1-9H2,(H2,12,13);1H. The van der Waals surface area contributed by atoms with Crippen LogP contribution in [0, 0.1) is 0 Å². The van der Waals surface area contributed by atoms with Gasteiger partial charge in [-0.3, -0.25) is 4.99 Å². The van der Waals surface area contributed by atoms with Gasteiger partial charge in [0.25, 0.3) is 0 Å². The fourth-order valence-electron chi connectivity index (χ4n) is 2.31. The summed E-state index contributed by atoms with van der Waals surface area (Å²) >= 11 is 1.96. The molecule has 1 saturated carbocycles. The molecule has 0 unspecified atom stereocenters. The van der Waals surface area contributed by atoms with Crippen LogP contribution in [0.4, 0.5) is 0 Å². The van der Waals surface area contributed by atoms with Crippen LogP contribution in [0.2, 0.25) is 0 Å². The van der Waals surface area contributed by atoms with Gasteiger partial charge in [0.05, 0.1) is 12.1 Å². The lowest BCUT2D eigenvalue weighted by molar-refractivity contribution is 0.0572. The first kappa shape index (κ1) is 15.4. The Balaban J connectivity index is 0.00000144. The first-order valence-corrected chi connectivity index (χ1v) is 7.20. The molecule has 2 aliphatic rings. The molecule has 0 atom stereocenters. The van der Waals surface area contributed by atoms with Crippen molar-refractivity contribution in [2.75, 3.05) is 31.1 Å². The smallest absolute Gasteiger partial charge is 0.191 e. The molecule has 2 fully saturated rings. The second kappa shape index (κ2) is 7.04. The Labute approximate surface area is 124 Å². The molecule has 0 radical (unpaired) electrons. The molecule has 0 amide bonds. The average Bonchev–Trinajstić information content (AvgIpc) is 2.75. The van der Waals surface area contributed by atoms with E-state index in [1.165, 1.54) is 0 Å². The summed E-state index contributed by atoms with van der Waals surface area (Å²) in [5, 5.41) is 10.2. The van der Waals surface area contributed by atoms with Gasteiger partial charge in [-0.15, -0.1) is 24.0 Å². The molecule has 2 rings (SSSR count). The molecule has 17 heavy (non-hydrogen) atoms. The van der Waals surface area contributed by atoms with Crippen molar-refractivity contribution in [2.24, 2.45) is 10.7 Å². The summed E-state index contributed by atoms with van der Waals surface area (Å²) in [5.41, 5.74) is 5.37. The quantitative estimate of drug-likeness (QED) is 0.436. The summed E-state index contributed by atoms with van der Waals surface area (Å²) in [6.07, 6.45) is 3.98.